The molecule has 0 amide bonds. The predicted octanol–water partition coefficient (Wildman–Crippen LogP) is 3.72. The van der Waals surface area contributed by atoms with E-state index >= 15 is 0 Å². The minimum atomic E-state index is -0.421. The summed E-state index contributed by atoms with van der Waals surface area (Å²) in [6.45, 7) is 0. The van der Waals surface area contributed by atoms with Crippen LogP contribution in [0.5, 0.6) is 5.75 Å². The minimum Gasteiger partial charge on any atom is -0.507 e. The Morgan fingerprint density at radius 2 is 1.90 bits per heavy atom. The van der Waals surface area contributed by atoms with Gasteiger partial charge in [-0.05, 0) is 30.3 Å². The van der Waals surface area contributed by atoms with E-state index in [2.05, 4.69) is 5.32 Å². The van der Waals surface area contributed by atoms with Crippen molar-refractivity contribution < 1.29 is 9.52 Å². The van der Waals surface area contributed by atoms with E-state index in [1.807, 2.05) is 24.3 Å². The third-order valence-corrected chi connectivity index (χ3v) is 4.69. The third-order valence-electron chi connectivity index (χ3n) is 3.49. The number of hydrogen-bond donors (Lipinski definition) is 2. The summed E-state index contributed by atoms with van der Waals surface area (Å²) in [4.78, 5) is 12.6. The van der Waals surface area contributed by atoms with Crippen molar-refractivity contribution in [3.8, 4) is 5.75 Å². The molecule has 3 aromatic rings. The van der Waals surface area contributed by atoms with Gasteiger partial charge in [0.1, 0.15) is 16.7 Å². The van der Waals surface area contributed by atoms with Crippen molar-refractivity contribution in [1.82, 2.24) is 0 Å². The van der Waals surface area contributed by atoms with Gasteiger partial charge < -0.3 is 14.8 Å². The first-order chi connectivity index (χ1) is 10.2. The van der Waals surface area contributed by atoms with E-state index in [0.717, 1.165) is 16.0 Å². The lowest BCUT2D eigenvalue weighted by atomic mass is 10.1. The average molecular weight is 297 g/mol. The first kappa shape index (κ1) is 12.3. The molecule has 0 bridgehead atoms. The Morgan fingerprint density at radius 3 is 2.76 bits per heavy atom. The smallest absolute Gasteiger partial charge is 0.336 e. The van der Waals surface area contributed by atoms with Crippen LogP contribution in [-0.2, 0) is 0 Å². The summed E-state index contributed by atoms with van der Waals surface area (Å²) < 4.78 is 5.32. The number of thioether (sulfide) groups is 1. The molecule has 0 aliphatic carbocycles. The molecule has 104 valence electrons. The van der Waals surface area contributed by atoms with Crippen LogP contribution in [0.25, 0.3) is 11.0 Å². The van der Waals surface area contributed by atoms with Gasteiger partial charge in [-0.2, -0.15) is 0 Å². The van der Waals surface area contributed by atoms with Crippen molar-refractivity contribution in [2.24, 2.45) is 0 Å². The second-order valence-corrected chi connectivity index (χ2v) is 5.96. The fourth-order valence-corrected chi connectivity index (χ4v) is 3.71. The zero-order chi connectivity index (χ0) is 14.4. The first-order valence-electron chi connectivity index (χ1n) is 6.50. The maximum atomic E-state index is 11.5. The topological polar surface area (TPSA) is 62.5 Å². The zero-order valence-electron chi connectivity index (χ0n) is 10.9. The van der Waals surface area contributed by atoms with Gasteiger partial charge in [-0.3, -0.25) is 0 Å². The molecule has 1 atom stereocenters. The lowest BCUT2D eigenvalue weighted by molar-refractivity contribution is 0.465. The maximum absolute atomic E-state index is 11.5. The molecular weight excluding hydrogens is 286 g/mol. The van der Waals surface area contributed by atoms with Crippen LogP contribution in [0.3, 0.4) is 0 Å². The summed E-state index contributed by atoms with van der Waals surface area (Å²) in [5.41, 5.74) is 1.63. The summed E-state index contributed by atoms with van der Waals surface area (Å²) in [7, 11) is 0. The molecule has 5 heteroatoms. The Kier molecular flexibility index (Phi) is 2.68. The number of hydrogen-bond acceptors (Lipinski definition) is 5. The van der Waals surface area contributed by atoms with Crippen molar-refractivity contribution in [3.63, 3.8) is 0 Å². The van der Waals surface area contributed by atoms with Crippen LogP contribution in [0.15, 0.2) is 62.6 Å². The number of aromatic hydroxyl groups is 1. The Hall–Kier alpha value is -2.40. The van der Waals surface area contributed by atoms with Crippen molar-refractivity contribution in [1.29, 1.82) is 0 Å². The van der Waals surface area contributed by atoms with Gasteiger partial charge in [0, 0.05) is 22.0 Å². The van der Waals surface area contributed by atoms with E-state index in [0.29, 0.717) is 11.1 Å². The summed E-state index contributed by atoms with van der Waals surface area (Å²) in [6.07, 6.45) is 0. The van der Waals surface area contributed by atoms with Crippen LogP contribution in [0.4, 0.5) is 5.69 Å². The van der Waals surface area contributed by atoms with E-state index in [1.54, 1.807) is 30.0 Å². The third kappa shape index (κ3) is 1.97. The SMILES string of the molecule is O=c1ccc2ccc(O)c(C3Nc4ccccc4S3)c2o1. The fraction of sp³-hybridized carbons (Fsp3) is 0.0625. The lowest BCUT2D eigenvalue weighted by Gasteiger charge is -2.14. The van der Waals surface area contributed by atoms with E-state index in [9.17, 15) is 9.90 Å². The molecule has 1 aliphatic heterocycles. The summed E-state index contributed by atoms with van der Waals surface area (Å²) in [6, 6.07) is 14.4. The highest BCUT2D eigenvalue weighted by Crippen LogP contribution is 2.49. The summed E-state index contributed by atoms with van der Waals surface area (Å²) in [5, 5.41) is 14.2. The molecule has 0 saturated carbocycles. The van der Waals surface area contributed by atoms with Crippen LogP contribution < -0.4 is 10.9 Å². The number of anilines is 1. The Morgan fingerprint density at radius 1 is 1.10 bits per heavy atom. The van der Waals surface area contributed by atoms with Crippen LogP contribution in [-0.4, -0.2) is 5.11 Å². The Balaban J connectivity index is 1.90. The monoisotopic (exact) mass is 297 g/mol. The largest absolute Gasteiger partial charge is 0.507 e. The van der Waals surface area contributed by atoms with Crippen LogP contribution >= 0.6 is 11.8 Å². The fourth-order valence-electron chi connectivity index (χ4n) is 2.51. The zero-order valence-corrected chi connectivity index (χ0v) is 11.7. The number of fused-ring (bicyclic) bond motifs is 2. The molecule has 2 aromatic carbocycles. The predicted molar refractivity (Wildman–Crippen MR) is 82.8 cm³/mol. The molecule has 0 radical (unpaired) electrons. The number of nitrogens with one attached hydrogen (secondary N) is 1. The lowest BCUT2D eigenvalue weighted by Crippen LogP contribution is -2.04. The van der Waals surface area contributed by atoms with E-state index in [-0.39, 0.29) is 11.1 Å². The molecule has 1 unspecified atom stereocenters. The number of phenols is 1. The van der Waals surface area contributed by atoms with Gasteiger partial charge >= 0.3 is 5.63 Å². The molecule has 1 aromatic heterocycles. The highest BCUT2D eigenvalue weighted by Gasteiger charge is 2.27. The summed E-state index contributed by atoms with van der Waals surface area (Å²) >= 11 is 1.59. The molecule has 0 fully saturated rings. The van der Waals surface area contributed by atoms with Gasteiger partial charge in [-0.15, -0.1) is 0 Å². The first-order valence-corrected chi connectivity index (χ1v) is 7.38. The number of benzene rings is 2. The van der Waals surface area contributed by atoms with E-state index < -0.39 is 5.63 Å². The van der Waals surface area contributed by atoms with Crippen molar-refractivity contribution in [3.05, 3.63) is 64.5 Å². The van der Waals surface area contributed by atoms with Crippen molar-refractivity contribution in [2.75, 3.05) is 5.32 Å². The normalized spacial score (nSPS) is 16.7. The molecule has 0 saturated heterocycles. The molecule has 2 N–H and O–H groups in total. The standard InChI is InChI=1S/C16H11NO3S/c18-11-7-5-9-6-8-13(19)20-15(9)14(11)16-17-10-3-1-2-4-12(10)21-16/h1-8,16-18H. The second kappa shape index (κ2) is 4.56. The van der Waals surface area contributed by atoms with Gasteiger partial charge in [0.05, 0.1) is 5.56 Å². The molecule has 4 nitrogen and oxygen atoms in total. The molecular formula is C16H11NO3S. The Labute approximate surface area is 124 Å². The molecule has 0 spiro atoms. The molecule has 1 aliphatic rings. The van der Waals surface area contributed by atoms with E-state index in [4.69, 9.17) is 4.42 Å². The molecule has 2 heterocycles. The van der Waals surface area contributed by atoms with Crippen molar-refractivity contribution in [2.45, 2.75) is 10.3 Å². The van der Waals surface area contributed by atoms with Gasteiger partial charge in [-0.25, -0.2) is 4.79 Å². The van der Waals surface area contributed by atoms with Crippen LogP contribution in [0, 0.1) is 0 Å². The number of rotatable bonds is 1. The van der Waals surface area contributed by atoms with Crippen LogP contribution in [0.1, 0.15) is 10.9 Å². The number of phenolic OH excluding ortho intramolecular Hbond substituents is 1. The molecule has 21 heavy (non-hydrogen) atoms. The average Bonchev–Trinajstić information content (AvgIpc) is 2.90. The van der Waals surface area contributed by atoms with Gasteiger partial charge in [0.25, 0.3) is 0 Å². The second-order valence-electron chi connectivity index (χ2n) is 4.81. The molecule has 4 rings (SSSR count). The van der Waals surface area contributed by atoms with Crippen LogP contribution in [0.2, 0.25) is 0 Å². The summed E-state index contributed by atoms with van der Waals surface area (Å²) in [5.74, 6) is 0.120. The van der Waals surface area contributed by atoms with Gasteiger partial charge in [-0.1, -0.05) is 23.9 Å². The van der Waals surface area contributed by atoms with Gasteiger partial charge in [0.2, 0.25) is 0 Å². The quantitative estimate of drug-likeness (QED) is 0.670. The highest BCUT2D eigenvalue weighted by molar-refractivity contribution is 8.00. The van der Waals surface area contributed by atoms with Gasteiger partial charge in [0.15, 0.2) is 0 Å². The van der Waals surface area contributed by atoms with E-state index in [1.165, 1.54) is 6.07 Å². The highest BCUT2D eigenvalue weighted by atomic mass is 32.2. The number of para-hydroxylation sites is 1. The van der Waals surface area contributed by atoms with Crippen molar-refractivity contribution >= 4 is 28.4 Å². The Bertz CT molecular complexity index is 878. The maximum Gasteiger partial charge on any atom is 0.336 e. The minimum absolute atomic E-state index is 0.120.